The van der Waals surface area contributed by atoms with E-state index in [9.17, 15) is 4.79 Å². The molecule has 0 aliphatic carbocycles. The zero-order valence-corrected chi connectivity index (χ0v) is 15.5. The summed E-state index contributed by atoms with van der Waals surface area (Å²) in [7, 11) is 0. The first kappa shape index (κ1) is 17.6. The molecule has 1 amide bonds. The first-order chi connectivity index (χ1) is 11.7. The van der Waals surface area contributed by atoms with Gasteiger partial charge in [0.1, 0.15) is 10.1 Å². The van der Waals surface area contributed by atoms with Crippen molar-refractivity contribution >= 4 is 34.4 Å². The van der Waals surface area contributed by atoms with Gasteiger partial charge < -0.3 is 19.0 Å². The van der Waals surface area contributed by atoms with E-state index in [0.717, 1.165) is 55.1 Å². The van der Waals surface area contributed by atoms with Crippen LogP contribution >= 0.6 is 24.0 Å². The van der Waals surface area contributed by atoms with Gasteiger partial charge >= 0.3 is 6.09 Å². The number of ether oxygens (including phenoxy) is 1. The monoisotopic (exact) mass is 369 g/mol. The number of rotatable bonds is 4. The predicted octanol–water partition coefficient (Wildman–Crippen LogP) is 2.95. The van der Waals surface area contributed by atoms with Gasteiger partial charge in [0, 0.05) is 19.1 Å². The van der Waals surface area contributed by atoms with Gasteiger partial charge in [0.25, 0.3) is 0 Å². The summed E-state index contributed by atoms with van der Waals surface area (Å²) in [6.45, 7) is 5.32. The van der Waals surface area contributed by atoms with Crippen LogP contribution in [0.4, 0.5) is 4.79 Å². The number of carbonyl (C=O) groups excluding carboxylic acids is 1. The van der Waals surface area contributed by atoms with Crippen molar-refractivity contribution in [1.29, 1.82) is 0 Å². The van der Waals surface area contributed by atoms with Crippen molar-refractivity contribution in [2.75, 3.05) is 32.2 Å². The largest absolute Gasteiger partial charge is 0.468 e. The topological polar surface area (TPSA) is 49.2 Å². The van der Waals surface area contributed by atoms with Crippen LogP contribution in [0, 0.1) is 0 Å². The van der Waals surface area contributed by atoms with E-state index in [-0.39, 0.29) is 6.09 Å². The lowest BCUT2D eigenvalue weighted by Crippen LogP contribution is -2.53. The summed E-state index contributed by atoms with van der Waals surface area (Å²) in [5, 5.41) is 0. The molecule has 132 valence electrons. The fourth-order valence-corrected chi connectivity index (χ4v) is 4.30. The Hall–Kier alpha value is -1.25. The molecular weight excluding hydrogens is 346 g/mol. The van der Waals surface area contributed by atoms with Gasteiger partial charge in [-0.1, -0.05) is 24.0 Å². The minimum atomic E-state index is -0.203. The van der Waals surface area contributed by atoms with Crippen LogP contribution in [0.3, 0.4) is 0 Å². The Bertz CT molecular complexity index is 559. The van der Waals surface area contributed by atoms with Crippen LogP contribution in [0.1, 0.15) is 25.5 Å². The Morgan fingerprint density at radius 2 is 2.25 bits per heavy atom. The third-order valence-corrected chi connectivity index (χ3v) is 5.91. The van der Waals surface area contributed by atoms with Crippen LogP contribution < -0.4 is 0 Å². The van der Waals surface area contributed by atoms with Crippen LogP contribution in [-0.2, 0) is 11.3 Å². The highest BCUT2D eigenvalue weighted by Crippen LogP contribution is 2.27. The number of amides is 1. The van der Waals surface area contributed by atoms with E-state index in [1.54, 1.807) is 22.9 Å². The molecule has 0 aromatic carbocycles. The summed E-state index contributed by atoms with van der Waals surface area (Å²) >= 11 is 7.27. The molecule has 0 bridgehead atoms. The SMILES string of the molecule is CCOC(=O)N1CCC(N2CN(Cc3ccco3)CSC2=S)CC1. The number of furan rings is 1. The second-order valence-corrected chi connectivity index (χ2v) is 7.55. The molecule has 2 aliphatic heterocycles. The van der Waals surface area contributed by atoms with E-state index in [2.05, 4.69) is 9.80 Å². The van der Waals surface area contributed by atoms with Crippen LogP contribution in [0.5, 0.6) is 0 Å². The number of likely N-dealkylation sites (tertiary alicyclic amines) is 1. The van der Waals surface area contributed by atoms with E-state index in [0.29, 0.717) is 12.6 Å². The molecule has 0 atom stereocenters. The quantitative estimate of drug-likeness (QED) is 0.756. The number of hydrogen-bond donors (Lipinski definition) is 0. The highest BCUT2D eigenvalue weighted by Gasteiger charge is 2.32. The fraction of sp³-hybridized carbons (Fsp3) is 0.625. The first-order valence-corrected chi connectivity index (χ1v) is 9.66. The molecular formula is C16H23N3O3S2. The van der Waals surface area contributed by atoms with Crippen molar-refractivity contribution in [2.45, 2.75) is 32.4 Å². The molecule has 0 saturated carbocycles. The van der Waals surface area contributed by atoms with Gasteiger partial charge in [-0.05, 0) is 31.9 Å². The van der Waals surface area contributed by atoms with E-state index >= 15 is 0 Å². The Morgan fingerprint density at radius 1 is 1.46 bits per heavy atom. The summed E-state index contributed by atoms with van der Waals surface area (Å²) in [6.07, 6.45) is 3.35. The minimum absolute atomic E-state index is 0.203. The number of piperidine rings is 1. The van der Waals surface area contributed by atoms with Gasteiger partial charge in [0.05, 0.1) is 32.0 Å². The third-order valence-electron chi connectivity index (χ3n) is 4.35. The summed E-state index contributed by atoms with van der Waals surface area (Å²) < 4.78 is 11.5. The molecule has 0 unspecified atom stereocenters. The molecule has 2 aliphatic rings. The molecule has 8 heteroatoms. The molecule has 1 aromatic rings. The van der Waals surface area contributed by atoms with E-state index in [4.69, 9.17) is 21.4 Å². The van der Waals surface area contributed by atoms with Crippen LogP contribution in [0.25, 0.3) is 0 Å². The Morgan fingerprint density at radius 3 is 2.92 bits per heavy atom. The van der Waals surface area contributed by atoms with Gasteiger partial charge in [-0.15, -0.1) is 0 Å². The molecule has 1 aromatic heterocycles. The maximum absolute atomic E-state index is 11.8. The summed E-state index contributed by atoms with van der Waals surface area (Å²) in [6, 6.07) is 4.30. The lowest BCUT2D eigenvalue weighted by atomic mass is 10.0. The molecule has 3 heterocycles. The molecule has 0 spiro atoms. The standard InChI is InChI=1S/C16H23N3O3S2/c1-2-21-15(20)18-7-5-13(6-8-18)19-11-17(12-24-16(19)23)10-14-4-3-9-22-14/h3-4,9,13H,2,5-8,10-12H2,1H3. The lowest BCUT2D eigenvalue weighted by molar-refractivity contribution is 0.0773. The fourth-order valence-electron chi connectivity index (χ4n) is 3.10. The molecule has 2 fully saturated rings. The zero-order valence-electron chi connectivity index (χ0n) is 13.8. The molecule has 0 radical (unpaired) electrons. The van der Waals surface area contributed by atoms with Crippen molar-refractivity contribution < 1.29 is 13.9 Å². The van der Waals surface area contributed by atoms with E-state index in [1.807, 2.05) is 19.1 Å². The maximum atomic E-state index is 11.8. The van der Waals surface area contributed by atoms with Gasteiger partial charge in [0.2, 0.25) is 0 Å². The second kappa shape index (κ2) is 8.22. The van der Waals surface area contributed by atoms with Gasteiger partial charge in [-0.3, -0.25) is 4.90 Å². The van der Waals surface area contributed by atoms with Crippen molar-refractivity contribution in [3.63, 3.8) is 0 Å². The number of carbonyl (C=O) groups is 1. The van der Waals surface area contributed by atoms with E-state index in [1.165, 1.54) is 0 Å². The van der Waals surface area contributed by atoms with Gasteiger partial charge in [-0.25, -0.2) is 4.79 Å². The van der Waals surface area contributed by atoms with Crippen LogP contribution in [0.2, 0.25) is 0 Å². The lowest BCUT2D eigenvalue weighted by Gasteiger charge is -2.44. The Labute approximate surface area is 152 Å². The smallest absolute Gasteiger partial charge is 0.409 e. The number of nitrogens with zero attached hydrogens (tertiary/aromatic N) is 3. The van der Waals surface area contributed by atoms with Crippen molar-refractivity contribution in [2.24, 2.45) is 0 Å². The van der Waals surface area contributed by atoms with Gasteiger partial charge in [-0.2, -0.15) is 0 Å². The van der Waals surface area contributed by atoms with E-state index < -0.39 is 0 Å². The normalized spacial score (nSPS) is 20.5. The average molecular weight is 370 g/mol. The molecule has 0 N–H and O–H groups in total. The Balaban J connectivity index is 1.53. The highest BCUT2D eigenvalue weighted by atomic mass is 32.2. The highest BCUT2D eigenvalue weighted by molar-refractivity contribution is 8.22. The second-order valence-electron chi connectivity index (χ2n) is 5.98. The molecule has 3 rings (SSSR count). The average Bonchev–Trinajstić information content (AvgIpc) is 3.10. The first-order valence-electron chi connectivity index (χ1n) is 8.27. The van der Waals surface area contributed by atoms with Crippen molar-refractivity contribution in [3.05, 3.63) is 24.2 Å². The summed E-state index contributed by atoms with van der Waals surface area (Å²) in [4.78, 5) is 18.2. The molecule has 24 heavy (non-hydrogen) atoms. The minimum Gasteiger partial charge on any atom is -0.468 e. The predicted molar refractivity (Wildman–Crippen MR) is 97.6 cm³/mol. The van der Waals surface area contributed by atoms with Crippen LogP contribution in [-0.4, -0.2) is 63.4 Å². The number of thiocarbonyl (C=S) groups is 1. The van der Waals surface area contributed by atoms with Crippen LogP contribution in [0.15, 0.2) is 22.8 Å². The van der Waals surface area contributed by atoms with Gasteiger partial charge in [0.15, 0.2) is 0 Å². The third kappa shape index (κ3) is 4.23. The maximum Gasteiger partial charge on any atom is 0.409 e. The summed E-state index contributed by atoms with van der Waals surface area (Å²) in [5.41, 5.74) is 0. The number of thioether (sulfide) groups is 1. The zero-order chi connectivity index (χ0) is 16.9. The summed E-state index contributed by atoms with van der Waals surface area (Å²) in [5.74, 6) is 1.86. The van der Waals surface area contributed by atoms with Crippen molar-refractivity contribution in [1.82, 2.24) is 14.7 Å². The molecule has 2 saturated heterocycles. The Kier molecular flexibility index (Phi) is 6.02. The molecule has 6 nitrogen and oxygen atoms in total. The number of hydrogen-bond acceptors (Lipinski definition) is 6. The van der Waals surface area contributed by atoms with Crippen molar-refractivity contribution in [3.8, 4) is 0 Å².